The topological polar surface area (TPSA) is 76.4 Å². The van der Waals surface area contributed by atoms with Crippen LogP contribution in [0.1, 0.15) is 31.7 Å². The second-order valence-electron chi connectivity index (χ2n) is 3.59. The second kappa shape index (κ2) is 5.38. The molecule has 3 N–H and O–H groups in total. The third-order valence-corrected chi connectivity index (χ3v) is 2.09. The first-order valence-corrected chi connectivity index (χ1v) is 5.10. The monoisotopic (exact) mass is 210 g/mol. The molecule has 5 heteroatoms. The molecule has 0 aliphatic carbocycles. The maximum atomic E-state index is 5.68. The third-order valence-electron chi connectivity index (χ3n) is 2.09. The van der Waals surface area contributed by atoms with Gasteiger partial charge in [-0.2, -0.15) is 0 Å². The number of aromatic nitrogens is 1. The Morgan fingerprint density at radius 2 is 2.47 bits per heavy atom. The number of nitrogens with two attached hydrogens (primary N) is 1. The molecule has 15 heavy (non-hydrogen) atoms. The van der Waals surface area contributed by atoms with Gasteiger partial charge in [0.2, 0.25) is 0 Å². The van der Waals surface area contributed by atoms with E-state index in [1.807, 2.05) is 13.0 Å². The Balaban J connectivity index is 2.43. The van der Waals surface area contributed by atoms with Crippen LogP contribution in [-0.4, -0.2) is 17.2 Å². The average Bonchev–Trinajstić information content (AvgIpc) is 2.61. The molecule has 1 aromatic heterocycles. The van der Waals surface area contributed by atoms with Crippen molar-refractivity contribution in [2.24, 2.45) is 10.7 Å². The largest absolute Gasteiger partial charge is 0.370 e. The standard InChI is InChI=1S/C10H18N4O/c1-4-7(2)13-10(11)12-6-9-5-8(3)14-15-9/h5,7H,4,6H2,1-3H3,(H3,11,12,13). The van der Waals surface area contributed by atoms with Crippen molar-refractivity contribution in [2.75, 3.05) is 0 Å². The van der Waals surface area contributed by atoms with E-state index in [1.54, 1.807) is 0 Å². The van der Waals surface area contributed by atoms with Crippen molar-refractivity contribution in [1.82, 2.24) is 10.5 Å². The molecule has 0 fully saturated rings. The van der Waals surface area contributed by atoms with Gasteiger partial charge in [-0.05, 0) is 20.3 Å². The predicted octanol–water partition coefficient (Wildman–Crippen LogP) is 1.19. The summed E-state index contributed by atoms with van der Waals surface area (Å²) in [5, 5.41) is 6.84. The van der Waals surface area contributed by atoms with E-state index < -0.39 is 0 Å². The highest BCUT2D eigenvalue weighted by Crippen LogP contribution is 2.02. The molecule has 0 saturated carbocycles. The summed E-state index contributed by atoms with van der Waals surface area (Å²) in [5.41, 5.74) is 6.54. The molecule has 1 rings (SSSR count). The molecule has 1 unspecified atom stereocenters. The Bertz CT molecular complexity index is 332. The first kappa shape index (κ1) is 11.6. The van der Waals surface area contributed by atoms with Crippen LogP contribution < -0.4 is 11.1 Å². The zero-order valence-corrected chi connectivity index (χ0v) is 9.45. The quantitative estimate of drug-likeness (QED) is 0.578. The number of aliphatic imine (C=N–C) groups is 1. The van der Waals surface area contributed by atoms with Crippen molar-refractivity contribution in [1.29, 1.82) is 0 Å². The minimum atomic E-state index is 0.338. The van der Waals surface area contributed by atoms with E-state index in [-0.39, 0.29) is 0 Å². The van der Waals surface area contributed by atoms with Gasteiger partial charge in [0.25, 0.3) is 0 Å². The molecule has 0 radical (unpaired) electrons. The number of aryl methyl sites for hydroxylation is 1. The van der Waals surface area contributed by atoms with E-state index in [1.165, 1.54) is 0 Å². The minimum Gasteiger partial charge on any atom is -0.370 e. The number of hydrogen-bond acceptors (Lipinski definition) is 3. The second-order valence-corrected chi connectivity index (χ2v) is 3.59. The number of nitrogens with zero attached hydrogens (tertiary/aromatic N) is 2. The van der Waals surface area contributed by atoms with Crippen molar-refractivity contribution < 1.29 is 4.52 Å². The van der Waals surface area contributed by atoms with Crippen molar-refractivity contribution in [3.05, 3.63) is 17.5 Å². The lowest BCUT2D eigenvalue weighted by molar-refractivity contribution is 0.381. The Kier molecular flexibility index (Phi) is 4.15. The van der Waals surface area contributed by atoms with E-state index in [2.05, 4.69) is 29.3 Å². The summed E-state index contributed by atoms with van der Waals surface area (Å²) in [5.74, 6) is 1.17. The van der Waals surface area contributed by atoms with Crippen molar-refractivity contribution in [2.45, 2.75) is 39.8 Å². The van der Waals surface area contributed by atoms with Crippen LogP contribution in [0.4, 0.5) is 0 Å². The minimum absolute atomic E-state index is 0.338. The molecule has 0 spiro atoms. The Morgan fingerprint density at radius 3 is 3.00 bits per heavy atom. The van der Waals surface area contributed by atoms with Gasteiger partial charge in [0.15, 0.2) is 11.7 Å². The first-order valence-electron chi connectivity index (χ1n) is 5.10. The first-order chi connectivity index (χ1) is 7.11. The van der Waals surface area contributed by atoms with Gasteiger partial charge in [0.1, 0.15) is 6.54 Å². The normalized spacial score (nSPS) is 13.9. The Morgan fingerprint density at radius 1 is 1.73 bits per heavy atom. The SMILES string of the molecule is CCC(C)NC(N)=NCc1cc(C)no1. The molecule has 1 atom stereocenters. The van der Waals surface area contributed by atoms with Gasteiger partial charge in [0.05, 0.1) is 5.69 Å². The number of rotatable bonds is 4. The van der Waals surface area contributed by atoms with Gasteiger partial charge in [0, 0.05) is 12.1 Å². The molecular weight excluding hydrogens is 192 g/mol. The summed E-state index contributed by atoms with van der Waals surface area (Å²) in [7, 11) is 0. The van der Waals surface area contributed by atoms with Crippen LogP contribution in [0.25, 0.3) is 0 Å². The van der Waals surface area contributed by atoms with Crippen LogP contribution in [0.3, 0.4) is 0 Å². The molecule has 0 bridgehead atoms. The zero-order valence-electron chi connectivity index (χ0n) is 9.45. The van der Waals surface area contributed by atoms with E-state index in [9.17, 15) is 0 Å². The predicted molar refractivity (Wildman–Crippen MR) is 59.5 cm³/mol. The average molecular weight is 210 g/mol. The molecule has 0 aliphatic heterocycles. The van der Waals surface area contributed by atoms with E-state index in [4.69, 9.17) is 10.3 Å². The van der Waals surface area contributed by atoms with Gasteiger partial charge in [-0.1, -0.05) is 12.1 Å². The number of guanidine groups is 1. The fourth-order valence-corrected chi connectivity index (χ4v) is 1.05. The van der Waals surface area contributed by atoms with Crippen molar-refractivity contribution >= 4 is 5.96 Å². The number of nitrogens with one attached hydrogen (secondary N) is 1. The summed E-state index contributed by atoms with van der Waals surface area (Å²) in [4.78, 5) is 4.15. The fraction of sp³-hybridized carbons (Fsp3) is 0.600. The van der Waals surface area contributed by atoms with Crippen LogP contribution in [0, 0.1) is 6.92 Å². The zero-order chi connectivity index (χ0) is 11.3. The molecule has 1 aromatic rings. The Hall–Kier alpha value is -1.52. The van der Waals surface area contributed by atoms with Crippen LogP contribution in [-0.2, 0) is 6.54 Å². The van der Waals surface area contributed by atoms with Crippen LogP contribution in [0.2, 0.25) is 0 Å². The van der Waals surface area contributed by atoms with Crippen LogP contribution >= 0.6 is 0 Å². The lowest BCUT2D eigenvalue weighted by Gasteiger charge is -2.11. The maximum absolute atomic E-state index is 5.68. The summed E-state index contributed by atoms with van der Waals surface area (Å²) in [6, 6.07) is 2.19. The lowest BCUT2D eigenvalue weighted by atomic mass is 10.3. The highest BCUT2D eigenvalue weighted by molar-refractivity contribution is 5.78. The fourth-order valence-electron chi connectivity index (χ4n) is 1.05. The molecule has 0 aromatic carbocycles. The van der Waals surface area contributed by atoms with Gasteiger partial charge in [-0.3, -0.25) is 0 Å². The third kappa shape index (κ3) is 4.01. The molecule has 0 aliphatic rings. The summed E-state index contributed by atoms with van der Waals surface area (Å²) < 4.78 is 5.01. The van der Waals surface area contributed by atoms with Crippen molar-refractivity contribution in [3.63, 3.8) is 0 Å². The van der Waals surface area contributed by atoms with E-state index >= 15 is 0 Å². The maximum Gasteiger partial charge on any atom is 0.189 e. The van der Waals surface area contributed by atoms with Gasteiger partial charge >= 0.3 is 0 Å². The summed E-state index contributed by atoms with van der Waals surface area (Å²) >= 11 is 0. The molecular formula is C10H18N4O. The molecule has 84 valence electrons. The van der Waals surface area contributed by atoms with Gasteiger partial charge < -0.3 is 15.6 Å². The summed E-state index contributed by atoms with van der Waals surface area (Å²) in [6.45, 7) is 6.44. The highest BCUT2D eigenvalue weighted by Gasteiger charge is 2.01. The highest BCUT2D eigenvalue weighted by atomic mass is 16.5. The molecule has 0 saturated heterocycles. The van der Waals surface area contributed by atoms with Gasteiger partial charge in [-0.25, -0.2) is 4.99 Å². The number of hydrogen-bond donors (Lipinski definition) is 2. The van der Waals surface area contributed by atoms with Crippen LogP contribution in [0.5, 0.6) is 0 Å². The van der Waals surface area contributed by atoms with Crippen molar-refractivity contribution in [3.8, 4) is 0 Å². The summed E-state index contributed by atoms with van der Waals surface area (Å²) in [6.07, 6.45) is 1.01. The van der Waals surface area contributed by atoms with E-state index in [0.717, 1.165) is 17.9 Å². The molecule has 1 heterocycles. The van der Waals surface area contributed by atoms with E-state index in [0.29, 0.717) is 18.5 Å². The lowest BCUT2D eigenvalue weighted by Crippen LogP contribution is -2.38. The molecule has 0 amide bonds. The Labute approximate surface area is 89.7 Å². The van der Waals surface area contributed by atoms with Crippen LogP contribution in [0.15, 0.2) is 15.6 Å². The smallest absolute Gasteiger partial charge is 0.189 e. The van der Waals surface area contributed by atoms with Gasteiger partial charge in [-0.15, -0.1) is 0 Å². The molecule has 5 nitrogen and oxygen atoms in total.